The Hall–Kier alpha value is -0.870. The van der Waals surface area contributed by atoms with Crippen molar-refractivity contribution in [3.63, 3.8) is 0 Å². The summed E-state index contributed by atoms with van der Waals surface area (Å²) in [5, 5.41) is 9.37. The molecule has 0 spiro atoms. The number of oxazole rings is 1. The lowest BCUT2D eigenvalue weighted by Gasteiger charge is -2.00. The Morgan fingerprint density at radius 2 is 2.31 bits per heavy atom. The molecule has 1 aromatic heterocycles. The monoisotopic (exact) mass is 184 g/mol. The predicted octanol–water partition coefficient (Wildman–Crippen LogP) is 0.792. The van der Waals surface area contributed by atoms with Crippen LogP contribution in [0.3, 0.4) is 0 Å². The standard InChI is InChI=1S/C9H16N2O2/c1-3-8-11-7(4-5-10)9(13-8)6(2)12/h6,12H,3-5,10H2,1-2H3. The van der Waals surface area contributed by atoms with Crippen LogP contribution in [0.1, 0.15) is 37.3 Å². The molecule has 1 rings (SSSR count). The Morgan fingerprint density at radius 3 is 2.77 bits per heavy atom. The molecule has 13 heavy (non-hydrogen) atoms. The lowest BCUT2D eigenvalue weighted by molar-refractivity contribution is 0.166. The summed E-state index contributed by atoms with van der Waals surface area (Å²) in [6.07, 6.45) is 0.794. The van der Waals surface area contributed by atoms with Gasteiger partial charge in [-0.15, -0.1) is 0 Å². The SMILES string of the molecule is CCc1nc(CCN)c(C(C)O)o1. The quantitative estimate of drug-likeness (QED) is 0.725. The zero-order chi connectivity index (χ0) is 9.84. The Balaban J connectivity index is 2.93. The Morgan fingerprint density at radius 1 is 1.62 bits per heavy atom. The molecule has 1 heterocycles. The maximum absolute atomic E-state index is 9.37. The molecule has 0 radical (unpaired) electrons. The normalized spacial score (nSPS) is 13.2. The van der Waals surface area contributed by atoms with Crippen LogP contribution in [0, 0.1) is 0 Å². The second-order valence-electron chi connectivity index (χ2n) is 2.99. The van der Waals surface area contributed by atoms with Gasteiger partial charge in [0.15, 0.2) is 11.7 Å². The lowest BCUT2D eigenvalue weighted by Crippen LogP contribution is -2.06. The van der Waals surface area contributed by atoms with Crippen molar-refractivity contribution < 1.29 is 9.52 Å². The van der Waals surface area contributed by atoms with E-state index in [2.05, 4.69) is 4.98 Å². The first-order chi connectivity index (χ1) is 6.19. The molecule has 74 valence electrons. The number of nitrogens with two attached hydrogens (primary N) is 1. The van der Waals surface area contributed by atoms with Gasteiger partial charge in [0.05, 0.1) is 5.69 Å². The molecule has 1 aromatic rings. The molecule has 4 nitrogen and oxygen atoms in total. The number of aliphatic hydroxyl groups is 1. The fourth-order valence-corrected chi connectivity index (χ4v) is 1.21. The highest BCUT2D eigenvalue weighted by Gasteiger charge is 2.15. The molecule has 0 aliphatic carbocycles. The summed E-state index contributed by atoms with van der Waals surface area (Å²) in [5.74, 6) is 1.22. The van der Waals surface area contributed by atoms with Gasteiger partial charge in [0.25, 0.3) is 0 Å². The summed E-state index contributed by atoms with van der Waals surface area (Å²) < 4.78 is 5.36. The van der Waals surface area contributed by atoms with E-state index < -0.39 is 6.10 Å². The molecule has 3 N–H and O–H groups in total. The second-order valence-corrected chi connectivity index (χ2v) is 2.99. The molecule has 4 heteroatoms. The second kappa shape index (κ2) is 4.39. The van der Waals surface area contributed by atoms with Gasteiger partial charge in [0.1, 0.15) is 6.10 Å². The van der Waals surface area contributed by atoms with Gasteiger partial charge >= 0.3 is 0 Å². The molecule has 0 amide bonds. The van der Waals surface area contributed by atoms with Gasteiger partial charge < -0.3 is 15.3 Å². The smallest absolute Gasteiger partial charge is 0.194 e. The predicted molar refractivity (Wildman–Crippen MR) is 49.3 cm³/mol. The van der Waals surface area contributed by atoms with E-state index in [4.69, 9.17) is 10.2 Å². The van der Waals surface area contributed by atoms with Gasteiger partial charge in [0.2, 0.25) is 0 Å². The molecular weight excluding hydrogens is 168 g/mol. The van der Waals surface area contributed by atoms with E-state index in [1.54, 1.807) is 6.92 Å². The first-order valence-electron chi connectivity index (χ1n) is 4.55. The molecular formula is C9H16N2O2. The van der Waals surface area contributed by atoms with Gasteiger partial charge in [-0.2, -0.15) is 0 Å². The summed E-state index contributed by atoms with van der Waals surface area (Å²) >= 11 is 0. The summed E-state index contributed by atoms with van der Waals surface area (Å²) in [7, 11) is 0. The zero-order valence-electron chi connectivity index (χ0n) is 8.08. The average Bonchev–Trinajstić information content (AvgIpc) is 2.48. The van der Waals surface area contributed by atoms with Crippen LogP contribution in [-0.4, -0.2) is 16.6 Å². The van der Waals surface area contributed by atoms with Crippen molar-refractivity contribution in [2.75, 3.05) is 6.54 Å². The van der Waals surface area contributed by atoms with Gasteiger partial charge in [-0.05, 0) is 13.5 Å². The molecule has 0 aliphatic rings. The molecule has 0 fully saturated rings. The largest absolute Gasteiger partial charge is 0.443 e. The highest BCUT2D eigenvalue weighted by Crippen LogP contribution is 2.19. The summed E-state index contributed by atoms with van der Waals surface area (Å²) in [4.78, 5) is 4.23. The third-order valence-electron chi connectivity index (χ3n) is 1.83. The fraction of sp³-hybridized carbons (Fsp3) is 0.667. The average molecular weight is 184 g/mol. The topological polar surface area (TPSA) is 72.3 Å². The van der Waals surface area contributed by atoms with E-state index in [0.29, 0.717) is 24.6 Å². The Bertz CT molecular complexity index is 269. The van der Waals surface area contributed by atoms with Crippen LogP contribution in [0.15, 0.2) is 4.42 Å². The van der Waals surface area contributed by atoms with Crippen LogP contribution in [0.4, 0.5) is 0 Å². The van der Waals surface area contributed by atoms with Gasteiger partial charge in [-0.25, -0.2) is 4.98 Å². The zero-order valence-corrected chi connectivity index (χ0v) is 8.08. The number of hydrogen-bond donors (Lipinski definition) is 2. The van der Waals surface area contributed by atoms with E-state index in [0.717, 1.165) is 12.1 Å². The molecule has 0 aliphatic heterocycles. The Kier molecular flexibility index (Phi) is 3.45. The van der Waals surface area contributed by atoms with Crippen LogP contribution in [0.5, 0.6) is 0 Å². The molecule has 1 atom stereocenters. The highest BCUT2D eigenvalue weighted by atomic mass is 16.4. The first-order valence-corrected chi connectivity index (χ1v) is 4.55. The van der Waals surface area contributed by atoms with Gasteiger partial charge in [-0.3, -0.25) is 0 Å². The maximum Gasteiger partial charge on any atom is 0.194 e. The number of nitrogens with zero attached hydrogens (tertiary/aromatic N) is 1. The van der Waals surface area contributed by atoms with Crippen molar-refractivity contribution in [3.05, 3.63) is 17.3 Å². The Labute approximate surface area is 77.8 Å². The van der Waals surface area contributed by atoms with Gasteiger partial charge in [0, 0.05) is 12.8 Å². The number of rotatable bonds is 4. The van der Waals surface area contributed by atoms with E-state index in [-0.39, 0.29) is 0 Å². The van der Waals surface area contributed by atoms with Crippen LogP contribution >= 0.6 is 0 Å². The van der Waals surface area contributed by atoms with E-state index in [9.17, 15) is 5.11 Å². The van der Waals surface area contributed by atoms with E-state index >= 15 is 0 Å². The van der Waals surface area contributed by atoms with Crippen molar-refractivity contribution in [1.82, 2.24) is 4.98 Å². The number of aliphatic hydroxyl groups excluding tert-OH is 1. The van der Waals surface area contributed by atoms with E-state index in [1.165, 1.54) is 0 Å². The third-order valence-corrected chi connectivity index (χ3v) is 1.83. The van der Waals surface area contributed by atoms with Gasteiger partial charge in [-0.1, -0.05) is 6.92 Å². The van der Waals surface area contributed by atoms with Crippen LogP contribution in [-0.2, 0) is 12.8 Å². The molecule has 0 saturated carbocycles. The summed E-state index contributed by atoms with van der Waals surface area (Å²) in [5.41, 5.74) is 6.20. The molecule has 0 bridgehead atoms. The van der Waals surface area contributed by atoms with E-state index in [1.807, 2.05) is 6.92 Å². The summed E-state index contributed by atoms with van der Waals surface area (Å²) in [6, 6.07) is 0. The molecule has 0 saturated heterocycles. The minimum atomic E-state index is -0.602. The van der Waals surface area contributed by atoms with Crippen molar-refractivity contribution in [2.45, 2.75) is 32.8 Å². The van der Waals surface area contributed by atoms with Crippen molar-refractivity contribution in [1.29, 1.82) is 0 Å². The lowest BCUT2D eigenvalue weighted by atomic mass is 10.2. The number of aryl methyl sites for hydroxylation is 1. The van der Waals surface area contributed by atoms with Crippen molar-refractivity contribution in [3.8, 4) is 0 Å². The van der Waals surface area contributed by atoms with Crippen molar-refractivity contribution >= 4 is 0 Å². The molecule has 0 aromatic carbocycles. The van der Waals surface area contributed by atoms with Crippen molar-refractivity contribution in [2.24, 2.45) is 5.73 Å². The maximum atomic E-state index is 9.37. The number of hydrogen-bond acceptors (Lipinski definition) is 4. The minimum Gasteiger partial charge on any atom is -0.443 e. The summed E-state index contributed by atoms with van der Waals surface area (Å²) in [6.45, 7) is 4.15. The first kappa shape index (κ1) is 10.2. The minimum absolute atomic E-state index is 0.523. The van der Waals surface area contributed by atoms with Crippen LogP contribution < -0.4 is 5.73 Å². The third kappa shape index (κ3) is 2.29. The van der Waals surface area contributed by atoms with Crippen LogP contribution in [0.2, 0.25) is 0 Å². The van der Waals surface area contributed by atoms with Crippen LogP contribution in [0.25, 0.3) is 0 Å². The number of aromatic nitrogens is 1. The molecule has 1 unspecified atom stereocenters. The fourth-order valence-electron chi connectivity index (χ4n) is 1.21. The highest BCUT2D eigenvalue weighted by molar-refractivity contribution is 5.12.